The molecule has 1 unspecified atom stereocenters. The molecule has 0 aliphatic carbocycles. The van der Waals surface area contributed by atoms with Crippen LogP contribution >= 0.6 is 0 Å². The van der Waals surface area contributed by atoms with Gasteiger partial charge in [-0.15, -0.1) is 0 Å². The van der Waals surface area contributed by atoms with Crippen LogP contribution in [-0.4, -0.2) is 21.8 Å². The zero-order valence-corrected chi connectivity index (χ0v) is 13.8. The summed E-state index contributed by atoms with van der Waals surface area (Å²) >= 11 is 0. The predicted molar refractivity (Wildman–Crippen MR) is 87.1 cm³/mol. The molecule has 1 N–H and O–H groups in total. The summed E-state index contributed by atoms with van der Waals surface area (Å²) in [6, 6.07) is 9.58. The summed E-state index contributed by atoms with van der Waals surface area (Å²) in [6.45, 7) is 8.19. The molecule has 2 rings (SSSR count). The molecule has 1 amide bonds. The fraction of sp³-hybridized carbons (Fsp3) is 0.412. The van der Waals surface area contributed by atoms with E-state index < -0.39 is 6.10 Å². The molecule has 0 fully saturated rings. The molecule has 0 aliphatic rings. The largest absolute Gasteiger partial charge is 0.481 e. The first-order chi connectivity index (χ1) is 10.3. The zero-order valence-electron chi connectivity index (χ0n) is 13.8. The van der Waals surface area contributed by atoms with Crippen LogP contribution < -0.4 is 10.1 Å². The van der Waals surface area contributed by atoms with Crippen molar-refractivity contribution in [1.82, 2.24) is 9.78 Å². The lowest BCUT2D eigenvalue weighted by Crippen LogP contribution is -2.30. The van der Waals surface area contributed by atoms with Gasteiger partial charge < -0.3 is 10.1 Å². The highest BCUT2D eigenvalue weighted by Gasteiger charge is 2.17. The van der Waals surface area contributed by atoms with E-state index in [4.69, 9.17) is 4.74 Å². The fourth-order valence-corrected chi connectivity index (χ4v) is 2.00. The molecule has 0 spiro atoms. The quantitative estimate of drug-likeness (QED) is 0.944. The van der Waals surface area contributed by atoms with Gasteiger partial charge in [0.05, 0.1) is 0 Å². The van der Waals surface area contributed by atoms with E-state index in [0.717, 1.165) is 0 Å². The first-order valence-electron chi connectivity index (χ1n) is 7.33. The third-order valence-electron chi connectivity index (χ3n) is 3.37. The summed E-state index contributed by atoms with van der Waals surface area (Å²) in [5, 5.41) is 6.83. The van der Waals surface area contributed by atoms with Gasteiger partial charge in [0.25, 0.3) is 5.91 Å². The molecule has 5 nitrogen and oxygen atoms in total. The second-order valence-corrected chi connectivity index (χ2v) is 6.40. The van der Waals surface area contributed by atoms with Gasteiger partial charge in [0, 0.05) is 19.3 Å². The molecule has 0 saturated heterocycles. The number of nitrogens with one attached hydrogen (secondary N) is 1. The van der Waals surface area contributed by atoms with Crippen LogP contribution in [0.25, 0.3) is 0 Å². The maximum absolute atomic E-state index is 12.1. The van der Waals surface area contributed by atoms with Crippen LogP contribution in [0, 0.1) is 0 Å². The Morgan fingerprint density at radius 2 is 1.86 bits per heavy atom. The molecule has 0 aliphatic heterocycles. The van der Waals surface area contributed by atoms with E-state index in [1.165, 1.54) is 5.56 Å². The molecule has 2 aromatic rings. The Morgan fingerprint density at radius 1 is 1.23 bits per heavy atom. The number of ether oxygens (including phenoxy) is 1. The highest BCUT2D eigenvalue weighted by Crippen LogP contribution is 2.24. The summed E-state index contributed by atoms with van der Waals surface area (Å²) in [5.74, 6) is 0.973. The molecule has 1 atom stereocenters. The molecule has 0 saturated carbocycles. The Kier molecular flexibility index (Phi) is 4.54. The number of carbonyl (C=O) groups is 1. The molecule has 1 heterocycles. The SMILES string of the molecule is CC(Oc1ccc(C(C)(C)C)cc1)C(=O)Nc1ccn(C)n1. The van der Waals surface area contributed by atoms with Crippen molar-refractivity contribution >= 4 is 11.7 Å². The van der Waals surface area contributed by atoms with Crippen LogP contribution in [0.3, 0.4) is 0 Å². The number of aryl methyl sites for hydroxylation is 1. The third kappa shape index (κ3) is 4.10. The summed E-state index contributed by atoms with van der Waals surface area (Å²) in [7, 11) is 1.80. The van der Waals surface area contributed by atoms with Crippen molar-refractivity contribution in [3.05, 3.63) is 42.1 Å². The van der Waals surface area contributed by atoms with E-state index in [1.54, 1.807) is 30.9 Å². The van der Waals surface area contributed by atoms with Gasteiger partial charge in [0.15, 0.2) is 11.9 Å². The van der Waals surface area contributed by atoms with Gasteiger partial charge in [0.1, 0.15) is 5.75 Å². The van der Waals surface area contributed by atoms with Crippen LogP contribution in [0.2, 0.25) is 0 Å². The number of nitrogens with zero attached hydrogens (tertiary/aromatic N) is 2. The van der Waals surface area contributed by atoms with Crippen LogP contribution in [0.1, 0.15) is 33.3 Å². The Morgan fingerprint density at radius 3 is 2.36 bits per heavy atom. The summed E-state index contributed by atoms with van der Waals surface area (Å²) in [5.41, 5.74) is 1.32. The fourth-order valence-electron chi connectivity index (χ4n) is 2.00. The lowest BCUT2D eigenvalue weighted by molar-refractivity contribution is -0.122. The highest BCUT2D eigenvalue weighted by atomic mass is 16.5. The van der Waals surface area contributed by atoms with Gasteiger partial charge in [-0.1, -0.05) is 32.9 Å². The number of anilines is 1. The minimum atomic E-state index is -0.595. The number of carbonyl (C=O) groups excluding carboxylic acids is 1. The molecule has 1 aromatic heterocycles. The number of aromatic nitrogens is 2. The van der Waals surface area contributed by atoms with Crippen molar-refractivity contribution in [2.45, 2.75) is 39.2 Å². The standard InChI is InChI=1S/C17H23N3O2/c1-12(16(21)18-15-10-11-20(5)19-15)22-14-8-6-13(7-9-14)17(2,3)4/h6-12H,1-5H3,(H,18,19,21). The summed E-state index contributed by atoms with van der Waals surface area (Å²) in [4.78, 5) is 12.1. The lowest BCUT2D eigenvalue weighted by Gasteiger charge is -2.20. The van der Waals surface area contributed by atoms with Crippen molar-refractivity contribution < 1.29 is 9.53 Å². The van der Waals surface area contributed by atoms with Gasteiger partial charge in [0.2, 0.25) is 0 Å². The first kappa shape index (κ1) is 16.1. The van der Waals surface area contributed by atoms with Crippen LogP contribution in [0.15, 0.2) is 36.5 Å². The second kappa shape index (κ2) is 6.22. The Labute approximate surface area is 131 Å². The van der Waals surface area contributed by atoms with E-state index in [1.807, 2.05) is 24.3 Å². The maximum atomic E-state index is 12.1. The van der Waals surface area contributed by atoms with E-state index in [2.05, 4.69) is 31.2 Å². The molecule has 0 bridgehead atoms. The van der Waals surface area contributed by atoms with Gasteiger partial charge in [-0.05, 0) is 30.0 Å². The van der Waals surface area contributed by atoms with Gasteiger partial charge in [-0.2, -0.15) is 5.10 Å². The van der Waals surface area contributed by atoms with Crippen molar-refractivity contribution in [3.8, 4) is 5.75 Å². The zero-order chi connectivity index (χ0) is 16.3. The average Bonchev–Trinajstić information content (AvgIpc) is 2.83. The number of benzene rings is 1. The molecular weight excluding hydrogens is 278 g/mol. The first-order valence-corrected chi connectivity index (χ1v) is 7.33. The van der Waals surface area contributed by atoms with Gasteiger partial charge >= 0.3 is 0 Å². The molecule has 1 aromatic carbocycles. The van der Waals surface area contributed by atoms with E-state index in [-0.39, 0.29) is 11.3 Å². The second-order valence-electron chi connectivity index (χ2n) is 6.40. The van der Waals surface area contributed by atoms with Crippen LogP contribution in [-0.2, 0) is 17.3 Å². The average molecular weight is 301 g/mol. The normalized spacial score (nSPS) is 12.8. The van der Waals surface area contributed by atoms with Crippen molar-refractivity contribution in [2.24, 2.45) is 7.05 Å². The van der Waals surface area contributed by atoms with E-state index >= 15 is 0 Å². The summed E-state index contributed by atoms with van der Waals surface area (Å²) in [6.07, 6.45) is 1.18. The molecule has 0 radical (unpaired) electrons. The van der Waals surface area contributed by atoms with Crippen molar-refractivity contribution in [1.29, 1.82) is 0 Å². The smallest absolute Gasteiger partial charge is 0.266 e. The Balaban J connectivity index is 1.96. The summed E-state index contributed by atoms with van der Waals surface area (Å²) < 4.78 is 7.31. The number of hydrogen-bond acceptors (Lipinski definition) is 3. The van der Waals surface area contributed by atoms with Gasteiger partial charge in [-0.3, -0.25) is 9.48 Å². The lowest BCUT2D eigenvalue weighted by atomic mass is 9.87. The van der Waals surface area contributed by atoms with Crippen molar-refractivity contribution in [3.63, 3.8) is 0 Å². The van der Waals surface area contributed by atoms with E-state index in [9.17, 15) is 4.79 Å². The topological polar surface area (TPSA) is 56.1 Å². The highest BCUT2D eigenvalue weighted by molar-refractivity contribution is 5.93. The minimum Gasteiger partial charge on any atom is -0.481 e. The number of hydrogen-bond donors (Lipinski definition) is 1. The molecule has 5 heteroatoms. The van der Waals surface area contributed by atoms with Crippen molar-refractivity contribution in [2.75, 3.05) is 5.32 Å². The number of rotatable bonds is 4. The number of amides is 1. The Bertz CT molecular complexity index is 639. The molecule has 118 valence electrons. The molecular formula is C17H23N3O2. The minimum absolute atomic E-state index is 0.0977. The molecule has 22 heavy (non-hydrogen) atoms. The van der Waals surface area contributed by atoms with E-state index in [0.29, 0.717) is 11.6 Å². The predicted octanol–water partition coefficient (Wildman–Crippen LogP) is 3.12. The van der Waals surface area contributed by atoms with Gasteiger partial charge in [-0.25, -0.2) is 0 Å². The third-order valence-corrected chi connectivity index (χ3v) is 3.37. The van der Waals surface area contributed by atoms with Crippen LogP contribution in [0.5, 0.6) is 5.75 Å². The Hall–Kier alpha value is -2.30. The monoisotopic (exact) mass is 301 g/mol. The maximum Gasteiger partial charge on any atom is 0.266 e. The van der Waals surface area contributed by atoms with Crippen LogP contribution in [0.4, 0.5) is 5.82 Å².